The third-order valence-corrected chi connectivity index (χ3v) is 2.63. The van der Waals surface area contributed by atoms with Crippen molar-refractivity contribution in [1.82, 2.24) is 9.80 Å². The number of likely N-dealkylation sites (N-methyl/N-ethyl adjacent to an activating group) is 1. The molecule has 4 N–H and O–H groups in total. The Balaban J connectivity index is 4.35. The highest BCUT2D eigenvalue weighted by Gasteiger charge is 2.21. The van der Waals surface area contributed by atoms with E-state index in [0.29, 0.717) is 26.2 Å². The molecule has 114 valence electrons. The molecule has 1 amide bonds. The van der Waals surface area contributed by atoms with Crippen molar-refractivity contribution in [2.24, 2.45) is 11.5 Å². The molecule has 0 heterocycles. The fourth-order valence-corrected chi connectivity index (χ4v) is 1.65. The molecule has 0 aliphatic carbocycles. The van der Waals surface area contributed by atoms with E-state index in [2.05, 4.69) is 11.8 Å². The predicted octanol–water partition coefficient (Wildman–Crippen LogP) is 0.463. The molecular weight excluding hydrogens is 244 g/mol. The van der Waals surface area contributed by atoms with Gasteiger partial charge in [-0.1, -0.05) is 6.92 Å². The summed E-state index contributed by atoms with van der Waals surface area (Å²) in [5.41, 5.74) is 10.6. The normalized spacial score (nSPS) is 11.7. The molecule has 0 aromatic carbocycles. The van der Waals surface area contributed by atoms with Crippen LogP contribution < -0.4 is 11.5 Å². The molecule has 0 atom stereocenters. The Kier molecular flexibility index (Phi) is 8.71. The molecule has 0 fully saturated rings. The molecule has 0 bridgehead atoms. The van der Waals surface area contributed by atoms with Crippen molar-refractivity contribution in [1.29, 1.82) is 0 Å². The van der Waals surface area contributed by atoms with Crippen LogP contribution in [0.5, 0.6) is 0 Å². The first kappa shape index (κ1) is 18.1. The predicted molar refractivity (Wildman–Crippen MR) is 78.0 cm³/mol. The molecule has 0 aromatic rings. The maximum Gasteiger partial charge on any atom is 0.410 e. The van der Waals surface area contributed by atoms with Crippen molar-refractivity contribution in [3.8, 4) is 0 Å². The van der Waals surface area contributed by atoms with E-state index in [1.807, 2.05) is 20.8 Å². The fourth-order valence-electron chi connectivity index (χ4n) is 1.65. The van der Waals surface area contributed by atoms with E-state index in [-0.39, 0.29) is 6.09 Å². The molecule has 0 spiro atoms. The van der Waals surface area contributed by atoms with Crippen LogP contribution in [0.25, 0.3) is 0 Å². The van der Waals surface area contributed by atoms with Gasteiger partial charge in [0.2, 0.25) is 0 Å². The first-order chi connectivity index (χ1) is 8.84. The first-order valence-corrected chi connectivity index (χ1v) is 6.94. The Labute approximate surface area is 117 Å². The zero-order chi connectivity index (χ0) is 14.9. The summed E-state index contributed by atoms with van der Waals surface area (Å²) in [6, 6.07) is 0. The van der Waals surface area contributed by atoms with Crippen LogP contribution in [0.15, 0.2) is 0 Å². The van der Waals surface area contributed by atoms with Gasteiger partial charge in [0.25, 0.3) is 0 Å². The minimum absolute atomic E-state index is 0.304. The third-order valence-electron chi connectivity index (χ3n) is 2.63. The van der Waals surface area contributed by atoms with Crippen LogP contribution in [0.3, 0.4) is 0 Å². The molecular formula is C13H30N4O2. The van der Waals surface area contributed by atoms with Crippen molar-refractivity contribution in [3.63, 3.8) is 0 Å². The lowest BCUT2D eigenvalue weighted by atomic mass is 10.2. The zero-order valence-corrected chi connectivity index (χ0v) is 12.8. The number of nitrogens with two attached hydrogens (primary N) is 2. The monoisotopic (exact) mass is 274 g/mol. The molecule has 19 heavy (non-hydrogen) atoms. The van der Waals surface area contributed by atoms with Gasteiger partial charge in [-0.15, -0.1) is 0 Å². The largest absolute Gasteiger partial charge is 0.444 e. The van der Waals surface area contributed by atoms with Crippen molar-refractivity contribution in [2.75, 3.05) is 45.8 Å². The lowest BCUT2D eigenvalue weighted by Crippen LogP contribution is -2.44. The number of hydrogen-bond donors (Lipinski definition) is 2. The average molecular weight is 274 g/mol. The average Bonchev–Trinajstić information content (AvgIpc) is 2.30. The number of carbonyl (C=O) groups excluding carboxylic acids is 1. The van der Waals surface area contributed by atoms with E-state index in [1.54, 1.807) is 4.90 Å². The number of nitrogens with zero attached hydrogens (tertiary/aromatic N) is 2. The summed E-state index contributed by atoms with van der Waals surface area (Å²) in [5.74, 6) is 0. The summed E-state index contributed by atoms with van der Waals surface area (Å²) in [6.45, 7) is 12.4. The van der Waals surface area contributed by atoms with Crippen molar-refractivity contribution in [2.45, 2.75) is 33.3 Å². The summed E-state index contributed by atoms with van der Waals surface area (Å²) >= 11 is 0. The van der Waals surface area contributed by atoms with Gasteiger partial charge >= 0.3 is 6.09 Å². The highest BCUT2D eigenvalue weighted by molar-refractivity contribution is 5.68. The van der Waals surface area contributed by atoms with Gasteiger partial charge in [-0.05, 0) is 27.3 Å². The van der Waals surface area contributed by atoms with Gasteiger partial charge in [0.15, 0.2) is 0 Å². The van der Waals surface area contributed by atoms with Gasteiger partial charge in [-0.2, -0.15) is 0 Å². The van der Waals surface area contributed by atoms with Crippen LogP contribution in [0.1, 0.15) is 27.7 Å². The van der Waals surface area contributed by atoms with Crippen LogP contribution >= 0.6 is 0 Å². The maximum absolute atomic E-state index is 12.0. The zero-order valence-electron chi connectivity index (χ0n) is 12.8. The van der Waals surface area contributed by atoms with E-state index in [1.165, 1.54) is 0 Å². The topological polar surface area (TPSA) is 84.8 Å². The molecule has 0 saturated heterocycles. The van der Waals surface area contributed by atoms with Gasteiger partial charge in [0.1, 0.15) is 5.60 Å². The Bertz CT molecular complexity index is 254. The second-order valence-corrected chi connectivity index (χ2v) is 5.48. The molecule has 6 heteroatoms. The molecule has 0 aliphatic heterocycles. The van der Waals surface area contributed by atoms with E-state index in [9.17, 15) is 4.79 Å². The third kappa shape index (κ3) is 8.80. The smallest absolute Gasteiger partial charge is 0.410 e. The quantitative estimate of drug-likeness (QED) is 0.672. The summed E-state index contributed by atoms with van der Waals surface area (Å²) in [5, 5.41) is 0. The van der Waals surface area contributed by atoms with E-state index in [0.717, 1.165) is 19.6 Å². The van der Waals surface area contributed by atoms with Crippen molar-refractivity contribution >= 4 is 6.09 Å². The molecule has 0 aliphatic rings. The molecule has 0 rings (SSSR count). The van der Waals surface area contributed by atoms with E-state index in [4.69, 9.17) is 16.2 Å². The Morgan fingerprint density at radius 2 is 1.63 bits per heavy atom. The minimum atomic E-state index is -0.481. The number of carbonyl (C=O) groups is 1. The lowest BCUT2D eigenvalue weighted by molar-refractivity contribution is 0.0239. The molecule has 0 unspecified atom stereocenters. The van der Waals surface area contributed by atoms with Gasteiger partial charge < -0.3 is 26.0 Å². The van der Waals surface area contributed by atoms with Gasteiger partial charge in [0, 0.05) is 39.3 Å². The Hall–Kier alpha value is -0.850. The lowest BCUT2D eigenvalue weighted by Gasteiger charge is -2.29. The van der Waals surface area contributed by atoms with Crippen molar-refractivity contribution < 1.29 is 9.53 Å². The van der Waals surface area contributed by atoms with Crippen LogP contribution in [-0.4, -0.2) is 67.3 Å². The summed E-state index contributed by atoms with van der Waals surface area (Å²) < 4.78 is 5.37. The number of amides is 1. The summed E-state index contributed by atoms with van der Waals surface area (Å²) in [7, 11) is 0. The molecule has 0 aromatic heterocycles. The van der Waals surface area contributed by atoms with Gasteiger partial charge in [-0.25, -0.2) is 4.79 Å². The summed E-state index contributed by atoms with van der Waals surface area (Å²) in [4.78, 5) is 15.9. The van der Waals surface area contributed by atoms with Gasteiger partial charge in [0.05, 0.1) is 0 Å². The maximum atomic E-state index is 12.0. The van der Waals surface area contributed by atoms with E-state index >= 15 is 0 Å². The Morgan fingerprint density at radius 1 is 1.05 bits per heavy atom. The molecule has 0 radical (unpaired) electrons. The van der Waals surface area contributed by atoms with Crippen LogP contribution in [-0.2, 0) is 4.74 Å². The SMILES string of the molecule is CCN(CCN)CCN(CCN)C(=O)OC(C)(C)C. The molecule has 6 nitrogen and oxygen atoms in total. The number of rotatable bonds is 8. The Morgan fingerprint density at radius 3 is 2.05 bits per heavy atom. The second kappa shape index (κ2) is 9.12. The number of ether oxygens (including phenoxy) is 1. The number of hydrogen-bond acceptors (Lipinski definition) is 5. The fraction of sp³-hybridized carbons (Fsp3) is 0.923. The highest BCUT2D eigenvalue weighted by atomic mass is 16.6. The second-order valence-electron chi connectivity index (χ2n) is 5.48. The van der Waals surface area contributed by atoms with Crippen LogP contribution in [0.2, 0.25) is 0 Å². The van der Waals surface area contributed by atoms with Crippen LogP contribution in [0.4, 0.5) is 4.79 Å². The highest BCUT2D eigenvalue weighted by Crippen LogP contribution is 2.09. The summed E-state index contributed by atoms with van der Waals surface area (Å²) in [6.07, 6.45) is -0.304. The van der Waals surface area contributed by atoms with Gasteiger partial charge in [-0.3, -0.25) is 0 Å². The standard InChI is InChI=1S/C13H30N4O2/c1-5-16(8-6-14)10-11-17(9-7-15)12(18)19-13(2,3)4/h5-11,14-15H2,1-4H3. The minimum Gasteiger partial charge on any atom is -0.444 e. The first-order valence-electron chi connectivity index (χ1n) is 6.94. The van der Waals surface area contributed by atoms with Crippen molar-refractivity contribution in [3.05, 3.63) is 0 Å². The molecule has 0 saturated carbocycles. The van der Waals surface area contributed by atoms with Crippen LogP contribution in [0, 0.1) is 0 Å². The van der Waals surface area contributed by atoms with E-state index < -0.39 is 5.60 Å².